The van der Waals surface area contributed by atoms with Gasteiger partial charge >= 0.3 is 5.97 Å². The first-order valence-corrected chi connectivity index (χ1v) is 13.5. The number of fused-ring (bicyclic) bond motifs is 1. The van der Waals surface area contributed by atoms with Gasteiger partial charge in [0.25, 0.3) is 0 Å². The third-order valence-corrected chi connectivity index (χ3v) is 8.66. The molecule has 1 atom stereocenters. The van der Waals surface area contributed by atoms with Crippen LogP contribution in [0.5, 0.6) is 0 Å². The molecule has 1 aliphatic heterocycles. The van der Waals surface area contributed by atoms with Crippen LogP contribution in [0.1, 0.15) is 51.9 Å². The van der Waals surface area contributed by atoms with Crippen LogP contribution in [0.2, 0.25) is 0 Å². The zero-order valence-corrected chi connectivity index (χ0v) is 21.9. The molecule has 0 amide bonds. The van der Waals surface area contributed by atoms with Gasteiger partial charge in [0, 0.05) is 31.0 Å². The van der Waals surface area contributed by atoms with E-state index in [1.807, 2.05) is 31.2 Å². The maximum absolute atomic E-state index is 13.8. The Balaban J connectivity index is 1.73. The maximum atomic E-state index is 13.8. The molecule has 0 aliphatic carbocycles. The lowest BCUT2D eigenvalue weighted by Crippen LogP contribution is -2.41. The van der Waals surface area contributed by atoms with Gasteiger partial charge in [-0.05, 0) is 62.1 Å². The number of hydrogen-bond acceptors (Lipinski definition) is 6. The van der Waals surface area contributed by atoms with Gasteiger partial charge in [-0.3, -0.25) is 4.79 Å². The van der Waals surface area contributed by atoms with E-state index in [9.17, 15) is 18.0 Å². The first-order chi connectivity index (χ1) is 17.2. The van der Waals surface area contributed by atoms with Gasteiger partial charge in [-0.25, -0.2) is 13.2 Å². The summed E-state index contributed by atoms with van der Waals surface area (Å²) in [5, 5.41) is 1.73. The van der Waals surface area contributed by atoms with E-state index in [-0.39, 0.29) is 29.9 Å². The van der Waals surface area contributed by atoms with Gasteiger partial charge in [0.2, 0.25) is 10.0 Å². The minimum atomic E-state index is -4.00. The predicted molar refractivity (Wildman–Crippen MR) is 137 cm³/mol. The predicted octanol–water partition coefficient (Wildman–Crippen LogP) is 4.12. The number of esters is 1. The lowest BCUT2D eigenvalue weighted by Gasteiger charge is -2.24. The first-order valence-electron chi connectivity index (χ1n) is 12.1. The molecule has 2 aromatic carbocycles. The molecule has 9 heteroatoms. The van der Waals surface area contributed by atoms with Crippen LogP contribution in [-0.4, -0.2) is 62.0 Å². The standard InChI is InChI=1S/C27H32N2O6S/c1-5-29-19(3)25(18(2)26(29)27(31)34-4)24(30)17-28(16-22-11-8-14-35-22)36(32,33)23-13-12-20-9-6-7-10-21(20)15-23/h6-7,9-10,12-13,15,22H,5,8,11,14,16-17H2,1-4H3. The van der Waals surface area contributed by atoms with Crippen molar-refractivity contribution in [2.75, 3.05) is 26.8 Å². The van der Waals surface area contributed by atoms with E-state index in [0.29, 0.717) is 35.7 Å². The van der Waals surface area contributed by atoms with E-state index in [0.717, 1.165) is 23.6 Å². The molecule has 192 valence electrons. The Bertz CT molecular complexity index is 1400. The molecule has 1 unspecified atom stereocenters. The van der Waals surface area contributed by atoms with Crippen LogP contribution in [0.25, 0.3) is 10.8 Å². The molecule has 4 rings (SSSR count). The van der Waals surface area contributed by atoms with Crippen LogP contribution in [0.4, 0.5) is 0 Å². The van der Waals surface area contributed by atoms with Crippen molar-refractivity contribution in [2.24, 2.45) is 0 Å². The van der Waals surface area contributed by atoms with Gasteiger partial charge in [-0.15, -0.1) is 0 Å². The minimum absolute atomic E-state index is 0.0807. The number of ketones is 1. The first kappa shape index (κ1) is 26.1. The fourth-order valence-electron chi connectivity index (χ4n) is 5.04. The minimum Gasteiger partial charge on any atom is -0.464 e. The maximum Gasteiger partial charge on any atom is 0.354 e. The third-order valence-electron chi connectivity index (χ3n) is 6.85. The van der Waals surface area contributed by atoms with Crippen molar-refractivity contribution in [3.05, 3.63) is 65.0 Å². The summed E-state index contributed by atoms with van der Waals surface area (Å²) in [6, 6.07) is 12.5. The van der Waals surface area contributed by atoms with Crippen molar-refractivity contribution in [2.45, 2.75) is 51.2 Å². The molecule has 8 nitrogen and oxygen atoms in total. The summed E-state index contributed by atoms with van der Waals surface area (Å²) in [6.07, 6.45) is 1.30. The Hall–Kier alpha value is -3.01. The average molecular weight is 513 g/mol. The summed E-state index contributed by atoms with van der Waals surface area (Å²) in [6.45, 7) is 6.10. The molecule has 2 heterocycles. The Morgan fingerprint density at radius 3 is 2.50 bits per heavy atom. The number of methoxy groups -OCH3 is 1. The fraction of sp³-hybridized carbons (Fsp3) is 0.407. The third kappa shape index (κ3) is 4.83. The van der Waals surface area contributed by atoms with Crippen molar-refractivity contribution in [1.82, 2.24) is 8.87 Å². The Morgan fingerprint density at radius 2 is 1.86 bits per heavy atom. The monoisotopic (exact) mass is 512 g/mol. The number of hydrogen-bond donors (Lipinski definition) is 0. The van der Waals surface area contributed by atoms with Crippen LogP contribution in [0, 0.1) is 13.8 Å². The fourth-order valence-corrected chi connectivity index (χ4v) is 6.50. The topological polar surface area (TPSA) is 94.9 Å². The summed E-state index contributed by atoms with van der Waals surface area (Å²) >= 11 is 0. The number of carbonyl (C=O) groups excluding carboxylic acids is 2. The van der Waals surface area contributed by atoms with E-state index >= 15 is 0 Å². The molecule has 0 spiro atoms. The zero-order valence-electron chi connectivity index (χ0n) is 21.1. The van der Waals surface area contributed by atoms with Crippen LogP contribution in [0.15, 0.2) is 47.4 Å². The smallest absolute Gasteiger partial charge is 0.354 e. The molecule has 1 fully saturated rings. The lowest BCUT2D eigenvalue weighted by molar-refractivity contribution is 0.0587. The van der Waals surface area contributed by atoms with E-state index in [1.54, 1.807) is 36.6 Å². The van der Waals surface area contributed by atoms with Gasteiger partial charge in [0.15, 0.2) is 5.78 Å². The lowest BCUT2D eigenvalue weighted by atomic mass is 10.1. The highest BCUT2D eigenvalue weighted by molar-refractivity contribution is 7.89. The molecular formula is C27H32N2O6S. The number of sulfonamides is 1. The Morgan fingerprint density at radius 1 is 1.14 bits per heavy atom. The van der Waals surface area contributed by atoms with Gasteiger partial charge < -0.3 is 14.0 Å². The Kier molecular flexibility index (Phi) is 7.63. The molecule has 0 bridgehead atoms. The molecule has 0 N–H and O–H groups in total. The molecule has 0 saturated carbocycles. The molecular weight excluding hydrogens is 480 g/mol. The molecule has 0 radical (unpaired) electrons. The number of Topliss-reactive ketones (excluding diaryl/α,β-unsaturated/α-hetero) is 1. The second kappa shape index (κ2) is 10.5. The van der Waals surface area contributed by atoms with E-state index in [4.69, 9.17) is 9.47 Å². The highest BCUT2D eigenvalue weighted by atomic mass is 32.2. The SMILES string of the molecule is CCn1c(C)c(C(=O)CN(CC2CCCO2)S(=O)(=O)c2ccc3ccccc3c2)c(C)c1C(=O)OC. The number of rotatable bonds is 9. The van der Waals surface area contributed by atoms with Crippen LogP contribution in [0.3, 0.4) is 0 Å². The van der Waals surface area contributed by atoms with Crippen LogP contribution < -0.4 is 0 Å². The van der Waals surface area contributed by atoms with Crippen molar-refractivity contribution in [1.29, 1.82) is 0 Å². The number of benzene rings is 2. The molecule has 1 aromatic heterocycles. The second-order valence-electron chi connectivity index (χ2n) is 9.03. The van der Waals surface area contributed by atoms with E-state index < -0.39 is 16.0 Å². The second-order valence-corrected chi connectivity index (χ2v) is 11.0. The molecule has 36 heavy (non-hydrogen) atoms. The molecule has 1 aliphatic rings. The largest absolute Gasteiger partial charge is 0.464 e. The highest BCUT2D eigenvalue weighted by Crippen LogP contribution is 2.27. The van der Waals surface area contributed by atoms with Gasteiger partial charge in [-0.2, -0.15) is 4.31 Å². The number of ether oxygens (including phenoxy) is 2. The van der Waals surface area contributed by atoms with Gasteiger partial charge in [-0.1, -0.05) is 30.3 Å². The van der Waals surface area contributed by atoms with Gasteiger partial charge in [0.05, 0.1) is 24.7 Å². The number of nitrogens with zero attached hydrogens (tertiary/aromatic N) is 2. The molecule has 3 aromatic rings. The normalized spacial score (nSPS) is 16.1. The molecule has 1 saturated heterocycles. The van der Waals surface area contributed by atoms with Crippen LogP contribution >= 0.6 is 0 Å². The zero-order chi connectivity index (χ0) is 26.0. The van der Waals surface area contributed by atoms with Crippen molar-refractivity contribution < 1.29 is 27.5 Å². The highest BCUT2D eigenvalue weighted by Gasteiger charge is 2.33. The van der Waals surface area contributed by atoms with Crippen molar-refractivity contribution >= 4 is 32.5 Å². The summed E-state index contributed by atoms with van der Waals surface area (Å²) < 4.78 is 41.2. The summed E-state index contributed by atoms with van der Waals surface area (Å²) in [5.41, 5.74) is 1.76. The quantitative estimate of drug-likeness (QED) is 0.316. The van der Waals surface area contributed by atoms with Crippen molar-refractivity contribution in [3.63, 3.8) is 0 Å². The number of aromatic nitrogens is 1. The summed E-state index contributed by atoms with van der Waals surface area (Å²) in [5.74, 6) is -0.902. The number of carbonyl (C=O) groups is 2. The Labute approximate surface area is 211 Å². The van der Waals surface area contributed by atoms with E-state index in [2.05, 4.69) is 0 Å². The van der Waals surface area contributed by atoms with Crippen LogP contribution in [-0.2, 0) is 26.0 Å². The average Bonchev–Trinajstić information content (AvgIpc) is 3.47. The summed E-state index contributed by atoms with van der Waals surface area (Å²) in [4.78, 5) is 26.2. The summed E-state index contributed by atoms with van der Waals surface area (Å²) in [7, 11) is -2.71. The van der Waals surface area contributed by atoms with Gasteiger partial charge in [0.1, 0.15) is 5.69 Å². The van der Waals surface area contributed by atoms with Crippen molar-refractivity contribution in [3.8, 4) is 0 Å². The van der Waals surface area contributed by atoms with E-state index in [1.165, 1.54) is 11.4 Å².